The fourth-order valence-electron chi connectivity index (χ4n) is 2.59. The molecule has 1 aromatic heterocycles. The first-order chi connectivity index (χ1) is 10.9. The van der Waals surface area contributed by atoms with Crippen molar-refractivity contribution < 1.29 is 13.9 Å². The van der Waals surface area contributed by atoms with Crippen LogP contribution in [0.5, 0.6) is 5.95 Å². The number of carbonyl (C=O) groups excluding carboxylic acids is 1. The summed E-state index contributed by atoms with van der Waals surface area (Å²) in [6, 6.07) is 3.33. The number of ether oxygens (including phenoxy) is 1. The van der Waals surface area contributed by atoms with Crippen LogP contribution in [0.4, 0.5) is 0 Å². The highest BCUT2D eigenvalue weighted by atomic mass is 16.6. The average Bonchev–Trinajstić information content (AvgIpc) is 3.00. The first-order valence-electron chi connectivity index (χ1n) is 9.04. The lowest BCUT2D eigenvalue weighted by atomic mass is 10.1. The molecule has 126 valence electrons. The Morgan fingerprint density at radius 3 is 1.91 bits per heavy atom. The van der Waals surface area contributed by atoms with Gasteiger partial charge in [0.15, 0.2) is 12.0 Å². The number of furan rings is 1. The van der Waals surface area contributed by atoms with Crippen molar-refractivity contribution in [3.63, 3.8) is 0 Å². The van der Waals surface area contributed by atoms with Gasteiger partial charge in [-0.25, -0.2) is 0 Å². The first-order valence-corrected chi connectivity index (χ1v) is 9.04. The van der Waals surface area contributed by atoms with E-state index >= 15 is 0 Å². The van der Waals surface area contributed by atoms with Gasteiger partial charge >= 0.3 is 0 Å². The van der Waals surface area contributed by atoms with Crippen LogP contribution in [0.2, 0.25) is 0 Å². The normalized spacial score (nSPS) is 10.8. The Bertz CT molecular complexity index is 371. The quantitative estimate of drug-likeness (QED) is 0.287. The molecule has 0 aliphatic heterocycles. The number of hydrogen-bond donors (Lipinski definition) is 0. The molecule has 0 aliphatic rings. The molecule has 0 unspecified atom stereocenters. The fraction of sp³-hybridized carbons (Fsp3) is 0.737. The Labute approximate surface area is 135 Å². The number of hydrogen-bond acceptors (Lipinski definition) is 3. The molecule has 0 spiro atoms. The highest BCUT2D eigenvalue weighted by Crippen LogP contribution is 2.15. The minimum Gasteiger partial charge on any atom is -0.465 e. The van der Waals surface area contributed by atoms with Crippen molar-refractivity contribution in [3.05, 3.63) is 17.9 Å². The van der Waals surface area contributed by atoms with E-state index in [9.17, 15) is 4.79 Å². The average molecular weight is 308 g/mol. The largest absolute Gasteiger partial charge is 0.465 e. The minimum atomic E-state index is 0.324. The van der Waals surface area contributed by atoms with Gasteiger partial charge in [-0.3, -0.25) is 4.79 Å². The van der Waals surface area contributed by atoms with Crippen molar-refractivity contribution >= 4 is 6.29 Å². The molecule has 0 N–H and O–H groups in total. The second kappa shape index (κ2) is 13.4. The summed E-state index contributed by atoms with van der Waals surface area (Å²) in [7, 11) is 0. The van der Waals surface area contributed by atoms with E-state index in [-0.39, 0.29) is 0 Å². The van der Waals surface area contributed by atoms with E-state index in [2.05, 4.69) is 6.92 Å². The summed E-state index contributed by atoms with van der Waals surface area (Å²) in [4.78, 5) is 10.5. The van der Waals surface area contributed by atoms with Gasteiger partial charge in [-0.05, 0) is 12.5 Å². The molecule has 22 heavy (non-hydrogen) atoms. The molecule has 0 saturated carbocycles. The van der Waals surface area contributed by atoms with E-state index in [0.29, 0.717) is 24.6 Å². The predicted octanol–water partition coefficient (Wildman–Crippen LogP) is 6.17. The summed E-state index contributed by atoms with van der Waals surface area (Å²) >= 11 is 0. The topological polar surface area (TPSA) is 39.4 Å². The van der Waals surface area contributed by atoms with Crippen LogP contribution in [0.1, 0.15) is 94.5 Å². The van der Waals surface area contributed by atoms with Crippen LogP contribution in [0, 0.1) is 0 Å². The van der Waals surface area contributed by atoms with Crippen molar-refractivity contribution in [1.29, 1.82) is 0 Å². The maximum atomic E-state index is 10.5. The van der Waals surface area contributed by atoms with E-state index in [1.165, 1.54) is 70.6 Å². The van der Waals surface area contributed by atoms with Crippen molar-refractivity contribution in [1.82, 2.24) is 0 Å². The van der Waals surface area contributed by atoms with Crippen LogP contribution in [0.25, 0.3) is 0 Å². The predicted molar refractivity (Wildman–Crippen MR) is 90.7 cm³/mol. The zero-order valence-corrected chi connectivity index (χ0v) is 14.1. The third-order valence-electron chi connectivity index (χ3n) is 3.96. The van der Waals surface area contributed by atoms with E-state index in [4.69, 9.17) is 9.15 Å². The Morgan fingerprint density at radius 1 is 0.864 bits per heavy atom. The molecule has 0 radical (unpaired) electrons. The van der Waals surface area contributed by atoms with Crippen LogP contribution in [-0.4, -0.2) is 12.9 Å². The lowest BCUT2D eigenvalue weighted by molar-refractivity contribution is 0.109. The molecule has 0 bridgehead atoms. The van der Waals surface area contributed by atoms with E-state index in [1.54, 1.807) is 12.1 Å². The van der Waals surface area contributed by atoms with E-state index < -0.39 is 0 Å². The molecule has 3 nitrogen and oxygen atoms in total. The summed E-state index contributed by atoms with van der Waals surface area (Å²) in [5.74, 6) is 0.773. The molecule has 3 heteroatoms. The standard InChI is InChI=1S/C19H32O3/c1-2-3-4-5-6-7-8-9-10-11-12-13-16-21-19-15-14-18(17-20)22-19/h14-15,17H,2-13,16H2,1H3. The van der Waals surface area contributed by atoms with Gasteiger partial charge in [0.1, 0.15) is 0 Å². The molecule has 0 amide bonds. The summed E-state index contributed by atoms with van der Waals surface area (Å²) in [5, 5.41) is 0. The molecular weight excluding hydrogens is 276 g/mol. The maximum Gasteiger partial charge on any atom is 0.284 e. The summed E-state index contributed by atoms with van der Waals surface area (Å²) in [6.07, 6.45) is 16.7. The molecule has 1 rings (SSSR count). The Morgan fingerprint density at radius 2 is 1.41 bits per heavy atom. The van der Waals surface area contributed by atoms with Crippen molar-refractivity contribution in [3.8, 4) is 5.95 Å². The molecular formula is C19H32O3. The number of unbranched alkanes of at least 4 members (excludes halogenated alkanes) is 11. The molecule has 1 aromatic rings. The smallest absolute Gasteiger partial charge is 0.284 e. The van der Waals surface area contributed by atoms with Gasteiger partial charge in [0.05, 0.1) is 6.61 Å². The van der Waals surface area contributed by atoms with Crippen LogP contribution in [0.3, 0.4) is 0 Å². The first kappa shape index (κ1) is 18.8. The second-order valence-corrected chi connectivity index (χ2v) is 6.01. The highest BCUT2D eigenvalue weighted by molar-refractivity contribution is 5.70. The van der Waals surface area contributed by atoms with Crippen molar-refractivity contribution in [2.24, 2.45) is 0 Å². The van der Waals surface area contributed by atoms with Gasteiger partial charge in [0.25, 0.3) is 5.95 Å². The minimum absolute atomic E-state index is 0.324. The Balaban J connectivity index is 1.79. The Hall–Kier alpha value is -1.25. The van der Waals surface area contributed by atoms with Gasteiger partial charge in [-0.15, -0.1) is 0 Å². The van der Waals surface area contributed by atoms with Gasteiger partial charge in [-0.1, -0.05) is 77.6 Å². The number of aldehydes is 1. The lowest BCUT2D eigenvalue weighted by Crippen LogP contribution is -1.96. The van der Waals surface area contributed by atoms with Crippen LogP contribution >= 0.6 is 0 Å². The SMILES string of the molecule is CCCCCCCCCCCCCCOc1ccc(C=O)o1. The van der Waals surface area contributed by atoms with Gasteiger partial charge in [0.2, 0.25) is 0 Å². The lowest BCUT2D eigenvalue weighted by Gasteiger charge is -2.03. The third kappa shape index (κ3) is 9.64. The fourth-order valence-corrected chi connectivity index (χ4v) is 2.59. The maximum absolute atomic E-state index is 10.5. The summed E-state index contributed by atoms with van der Waals surface area (Å²) < 4.78 is 10.6. The molecule has 1 heterocycles. The highest BCUT2D eigenvalue weighted by Gasteiger charge is 2.01. The summed E-state index contributed by atoms with van der Waals surface area (Å²) in [6.45, 7) is 2.94. The molecule has 0 fully saturated rings. The van der Waals surface area contributed by atoms with Crippen LogP contribution in [-0.2, 0) is 0 Å². The third-order valence-corrected chi connectivity index (χ3v) is 3.96. The van der Waals surface area contributed by atoms with Crippen LogP contribution < -0.4 is 4.74 Å². The van der Waals surface area contributed by atoms with Gasteiger partial charge in [-0.2, -0.15) is 0 Å². The van der Waals surface area contributed by atoms with Crippen LogP contribution in [0.15, 0.2) is 16.5 Å². The zero-order chi connectivity index (χ0) is 15.9. The van der Waals surface area contributed by atoms with E-state index in [1.807, 2.05) is 0 Å². The monoisotopic (exact) mass is 308 g/mol. The second-order valence-electron chi connectivity index (χ2n) is 6.01. The zero-order valence-electron chi connectivity index (χ0n) is 14.1. The van der Waals surface area contributed by atoms with Crippen molar-refractivity contribution in [2.45, 2.75) is 84.0 Å². The van der Waals surface area contributed by atoms with E-state index in [0.717, 1.165) is 6.42 Å². The summed E-state index contributed by atoms with van der Waals surface area (Å²) in [5.41, 5.74) is 0. The molecule has 0 aromatic carbocycles. The molecule has 0 saturated heterocycles. The van der Waals surface area contributed by atoms with Gasteiger partial charge in [0, 0.05) is 6.07 Å². The number of carbonyl (C=O) groups is 1. The Kier molecular flexibility index (Phi) is 11.5. The number of rotatable bonds is 15. The molecule has 0 aliphatic carbocycles. The van der Waals surface area contributed by atoms with Crippen molar-refractivity contribution in [2.75, 3.05) is 6.61 Å². The van der Waals surface area contributed by atoms with Gasteiger partial charge < -0.3 is 9.15 Å². The molecule has 0 atom stereocenters.